The summed E-state index contributed by atoms with van der Waals surface area (Å²) < 4.78 is 10.6. The lowest BCUT2D eigenvalue weighted by atomic mass is 10.3. The molecule has 0 N–H and O–H groups in total. The Bertz CT molecular complexity index is 73.7. The Morgan fingerprint density at radius 1 is 1.20 bits per heavy atom. The summed E-state index contributed by atoms with van der Waals surface area (Å²) in [6, 6.07) is 0. The molecule has 0 aliphatic rings. The van der Waals surface area contributed by atoms with Crippen LogP contribution >= 0.6 is 0 Å². The summed E-state index contributed by atoms with van der Waals surface area (Å²) in [7, 11) is 0. The second kappa shape index (κ2) is 5.69. The molecule has 0 fully saturated rings. The van der Waals surface area contributed by atoms with Gasteiger partial charge < -0.3 is 9.47 Å². The van der Waals surface area contributed by atoms with Gasteiger partial charge in [-0.2, -0.15) is 0 Å². The van der Waals surface area contributed by atoms with E-state index in [1.807, 2.05) is 13.8 Å². The first kappa shape index (κ1) is 9.92. The average Bonchev–Trinajstić information content (AvgIpc) is 1.88. The van der Waals surface area contributed by atoms with Gasteiger partial charge in [0, 0.05) is 6.61 Å². The highest BCUT2D eigenvalue weighted by Crippen LogP contribution is 2.01. The number of rotatable bonds is 5. The van der Waals surface area contributed by atoms with Gasteiger partial charge in [0.2, 0.25) is 0 Å². The van der Waals surface area contributed by atoms with Crippen molar-refractivity contribution in [3.05, 3.63) is 0 Å². The summed E-state index contributed by atoms with van der Waals surface area (Å²) in [5.74, 6) is 0. The van der Waals surface area contributed by atoms with Gasteiger partial charge >= 0.3 is 0 Å². The first-order valence-electron chi connectivity index (χ1n) is 3.97. The zero-order valence-corrected chi connectivity index (χ0v) is 7.39. The Balaban J connectivity index is 3.27. The predicted molar refractivity (Wildman–Crippen MR) is 41.9 cm³/mol. The Labute approximate surface area is 63.5 Å². The van der Waals surface area contributed by atoms with Crippen molar-refractivity contribution in [2.75, 3.05) is 6.61 Å². The Morgan fingerprint density at radius 3 is 2.20 bits per heavy atom. The summed E-state index contributed by atoms with van der Waals surface area (Å²) in [6.45, 7) is 8.77. The van der Waals surface area contributed by atoms with Gasteiger partial charge in [-0.1, -0.05) is 6.92 Å². The van der Waals surface area contributed by atoms with Crippen molar-refractivity contribution < 1.29 is 9.47 Å². The smallest absolute Gasteiger partial charge is 0.155 e. The van der Waals surface area contributed by atoms with Crippen molar-refractivity contribution in [3.63, 3.8) is 0 Å². The molecule has 0 aliphatic heterocycles. The number of ether oxygens (including phenoxy) is 2. The maximum Gasteiger partial charge on any atom is 0.155 e. The molecule has 0 aromatic carbocycles. The Morgan fingerprint density at radius 2 is 1.80 bits per heavy atom. The minimum Gasteiger partial charge on any atom is -0.353 e. The minimum absolute atomic E-state index is 0.0556. The quantitative estimate of drug-likeness (QED) is 0.553. The van der Waals surface area contributed by atoms with E-state index in [9.17, 15) is 0 Å². The first-order chi connectivity index (χ1) is 4.70. The zero-order chi connectivity index (χ0) is 7.98. The van der Waals surface area contributed by atoms with Crippen LogP contribution in [0.25, 0.3) is 0 Å². The molecule has 10 heavy (non-hydrogen) atoms. The fraction of sp³-hybridized carbons (Fsp3) is 1.00. The molecule has 2 nitrogen and oxygen atoms in total. The molecule has 0 aromatic rings. The van der Waals surface area contributed by atoms with Crippen molar-refractivity contribution in [2.45, 2.75) is 46.5 Å². The van der Waals surface area contributed by atoms with Crippen LogP contribution in [0.3, 0.4) is 0 Å². The maximum atomic E-state index is 5.42. The summed E-state index contributed by atoms with van der Waals surface area (Å²) in [5.41, 5.74) is 0. The maximum absolute atomic E-state index is 5.42. The van der Waals surface area contributed by atoms with Gasteiger partial charge in [-0.05, 0) is 27.2 Å². The fourth-order valence-electron chi connectivity index (χ4n) is 0.697. The highest BCUT2D eigenvalue weighted by atomic mass is 16.7. The minimum atomic E-state index is -0.0556. The number of hydrogen-bond acceptors (Lipinski definition) is 2. The zero-order valence-electron chi connectivity index (χ0n) is 7.39. The van der Waals surface area contributed by atoms with E-state index >= 15 is 0 Å². The van der Waals surface area contributed by atoms with Crippen LogP contribution in [-0.2, 0) is 9.47 Å². The average molecular weight is 146 g/mol. The third-order valence-corrected chi connectivity index (χ3v) is 1.40. The predicted octanol–water partition coefficient (Wildman–Crippen LogP) is 2.18. The molecule has 2 unspecified atom stereocenters. The fourth-order valence-corrected chi connectivity index (χ4v) is 0.697. The van der Waals surface area contributed by atoms with Crippen LogP contribution < -0.4 is 0 Å². The SMILES string of the molecule is CCOC(C)OC(C)CC. The second-order valence-corrected chi connectivity index (χ2v) is 2.38. The van der Waals surface area contributed by atoms with Crippen LogP contribution in [-0.4, -0.2) is 19.0 Å². The normalized spacial score (nSPS) is 16.8. The van der Waals surface area contributed by atoms with Gasteiger partial charge in [-0.25, -0.2) is 0 Å². The van der Waals surface area contributed by atoms with Crippen LogP contribution in [0.2, 0.25) is 0 Å². The van der Waals surface area contributed by atoms with Gasteiger partial charge in [-0.3, -0.25) is 0 Å². The number of hydrogen-bond donors (Lipinski definition) is 0. The molecule has 62 valence electrons. The lowest BCUT2D eigenvalue weighted by Gasteiger charge is -2.17. The molecule has 2 atom stereocenters. The molecule has 0 rings (SSSR count). The van der Waals surface area contributed by atoms with Crippen molar-refractivity contribution in [1.82, 2.24) is 0 Å². The van der Waals surface area contributed by atoms with Crippen molar-refractivity contribution in [3.8, 4) is 0 Å². The van der Waals surface area contributed by atoms with Crippen LogP contribution in [0.1, 0.15) is 34.1 Å². The van der Waals surface area contributed by atoms with E-state index in [-0.39, 0.29) is 6.29 Å². The first-order valence-corrected chi connectivity index (χ1v) is 3.97. The summed E-state index contributed by atoms with van der Waals surface area (Å²) in [6.07, 6.45) is 1.29. The Hall–Kier alpha value is -0.0800. The molecule has 0 aromatic heterocycles. The standard InChI is InChI=1S/C8H18O2/c1-5-7(3)10-8(4)9-6-2/h7-8H,5-6H2,1-4H3. The summed E-state index contributed by atoms with van der Waals surface area (Å²) in [4.78, 5) is 0. The third-order valence-electron chi connectivity index (χ3n) is 1.40. The van der Waals surface area contributed by atoms with Crippen molar-refractivity contribution in [2.24, 2.45) is 0 Å². The Kier molecular flexibility index (Phi) is 5.64. The molecule has 0 saturated heterocycles. The van der Waals surface area contributed by atoms with Crippen LogP contribution in [0.15, 0.2) is 0 Å². The third kappa shape index (κ3) is 4.77. The molecule has 0 saturated carbocycles. The largest absolute Gasteiger partial charge is 0.353 e. The van der Waals surface area contributed by atoms with E-state index in [1.54, 1.807) is 0 Å². The van der Waals surface area contributed by atoms with Crippen LogP contribution in [0.5, 0.6) is 0 Å². The monoisotopic (exact) mass is 146 g/mol. The van der Waals surface area contributed by atoms with E-state index in [1.165, 1.54) is 0 Å². The molecule has 0 aliphatic carbocycles. The van der Waals surface area contributed by atoms with Crippen molar-refractivity contribution in [1.29, 1.82) is 0 Å². The van der Waals surface area contributed by atoms with Gasteiger partial charge in [0.25, 0.3) is 0 Å². The van der Waals surface area contributed by atoms with Gasteiger partial charge in [0.1, 0.15) is 0 Å². The lowest BCUT2D eigenvalue weighted by Crippen LogP contribution is -2.19. The molecular weight excluding hydrogens is 128 g/mol. The van der Waals surface area contributed by atoms with E-state index in [4.69, 9.17) is 9.47 Å². The van der Waals surface area contributed by atoms with E-state index in [0.29, 0.717) is 6.10 Å². The molecule has 0 heterocycles. The highest BCUT2D eigenvalue weighted by molar-refractivity contribution is 4.44. The lowest BCUT2D eigenvalue weighted by molar-refractivity contribution is -0.153. The second-order valence-electron chi connectivity index (χ2n) is 2.38. The van der Waals surface area contributed by atoms with Gasteiger partial charge in [-0.15, -0.1) is 0 Å². The summed E-state index contributed by atoms with van der Waals surface area (Å²) in [5, 5.41) is 0. The topological polar surface area (TPSA) is 18.5 Å². The van der Waals surface area contributed by atoms with Crippen molar-refractivity contribution >= 4 is 0 Å². The van der Waals surface area contributed by atoms with Gasteiger partial charge in [0.15, 0.2) is 6.29 Å². The molecule has 0 spiro atoms. The molecule has 0 bridgehead atoms. The van der Waals surface area contributed by atoms with E-state index in [0.717, 1.165) is 13.0 Å². The molecule has 0 radical (unpaired) electrons. The van der Waals surface area contributed by atoms with Crippen LogP contribution in [0.4, 0.5) is 0 Å². The highest BCUT2D eigenvalue weighted by Gasteiger charge is 2.04. The molecule has 2 heteroatoms. The molecule has 0 amide bonds. The van der Waals surface area contributed by atoms with Gasteiger partial charge in [0.05, 0.1) is 6.10 Å². The van der Waals surface area contributed by atoms with E-state index < -0.39 is 0 Å². The summed E-state index contributed by atoms with van der Waals surface area (Å²) >= 11 is 0. The van der Waals surface area contributed by atoms with Crippen LogP contribution in [0, 0.1) is 0 Å². The van der Waals surface area contributed by atoms with E-state index in [2.05, 4.69) is 13.8 Å². The molecular formula is C8H18O2.